The fraction of sp³-hybridized carbons (Fsp3) is 0.647. The Kier molecular flexibility index (Phi) is 4.68. The molecule has 0 spiro atoms. The van der Waals surface area contributed by atoms with Gasteiger partial charge in [-0.25, -0.2) is 0 Å². The smallest absolute Gasteiger partial charge is 0.119 e. The summed E-state index contributed by atoms with van der Waals surface area (Å²) in [5.41, 5.74) is 1.39. The van der Waals surface area contributed by atoms with Crippen LogP contribution in [0.4, 0.5) is 0 Å². The molecule has 1 aliphatic rings. The number of benzene rings is 1. The minimum atomic E-state index is 0.439. The SMILES string of the molecule is CCC1CCCCC1Oc1ccc(C(C)C)cc1. The van der Waals surface area contributed by atoms with Crippen molar-refractivity contribution in [3.63, 3.8) is 0 Å². The molecule has 0 N–H and O–H groups in total. The molecular formula is C17H26O. The van der Waals surface area contributed by atoms with E-state index in [9.17, 15) is 0 Å². The summed E-state index contributed by atoms with van der Waals surface area (Å²) in [6.07, 6.45) is 6.95. The summed E-state index contributed by atoms with van der Waals surface area (Å²) in [7, 11) is 0. The van der Waals surface area contributed by atoms with Gasteiger partial charge in [0.15, 0.2) is 0 Å². The van der Waals surface area contributed by atoms with Crippen molar-refractivity contribution in [3.05, 3.63) is 29.8 Å². The van der Waals surface area contributed by atoms with E-state index in [2.05, 4.69) is 45.0 Å². The van der Waals surface area contributed by atoms with Crippen LogP contribution in [0.1, 0.15) is 64.4 Å². The van der Waals surface area contributed by atoms with E-state index in [-0.39, 0.29) is 0 Å². The van der Waals surface area contributed by atoms with Gasteiger partial charge in [-0.15, -0.1) is 0 Å². The first-order chi connectivity index (χ1) is 8.70. The van der Waals surface area contributed by atoms with E-state index in [1.807, 2.05) is 0 Å². The number of hydrogen-bond donors (Lipinski definition) is 0. The second kappa shape index (κ2) is 6.26. The summed E-state index contributed by atoms with van der Waals surface area (Å²) in [6, 6.07) is 8.67. The molecule has 1 aromatic rings. The van der Waals surface area contributed by atoms with Gasteiger partial charge in [0.05, 0.1) is 0 Å². The van der Waals surface area contributed by atoms with Crippen LogP contribution >= 0.6 is 0 Å². The maximum atomic E-state index is 6.19. The molecule has 0 aliphatic heterocycles. The number of ether oxygens (including phenoxy) is 1. The first kappa shape index (κ1) is 13.5. The lowest BCUT2D eigenvalue weighted by Gasteiger charge is -2.31. The van der Waals surface area contributed by atoms with E-state index in [1.165, 1.54) is 37.7 Å². The van der Waals surface area contributed by atoms with Crippen molar-refractivity contribution in [2.75, 3.05) is 0 Å². The van der Waals surface area contributed by atoms with E-state index < -0.39 is 0 Å². The Balaban J connectivity index is 1.99. The molecule has 0 amide bonds. The molecule has 0 bridgehead atoms. The van der Waals surface area contributed by atoms with Gasteiger partial charge in [0, 0.05) is 0 Å². The lowest BCUT2D eigenvalue weighted by atomic mass is 9.85. The van der Waals surface area contributed by atoms with Gasteiger partial charge < -0.3 is 4.74 Å². The van der Waals surface area contributed by atoms with Crippen LogP contribution in [0.25, 0.3) is 0 Å². The zero-order valence-electron chi connectivity index (χ0n) is 12.0. The highest BCUT2D eigenvalue weighted by Gasteiger charge is 2.25. The van der Waals surface area contributed by atoms with Crippen LogP contribution < -0.4 is 4.74 Å². The molecule has 1 heteroatoms. The summed E-state index contributed by atoms with van der Waals surface area (Å²) in [5, 5.41) is 0. The van der Waals surface area contributed by atoms with Gasteiger partial charge in [0.2, 0.25) is 0 Å². The van der Waals surface area contributed by atoms with E-state index in [0.717, 1.165) is 11.7 Å². The Hall–Kier alpha value is -0.980. The van der Waals surface area contributed by atoms with Crippen LogP contribution in [0.5, 0.6) is 5.75 Å². The van der Waals surface area contributed by atoms with Crippen molar-refractivity contribution in [1.82, 2.24) is 0 Å². The Bertz CT molecular complexity index is 352. The molecule has 18 heavy (non-hydrogen) atoms. The molecule has 1 aliphatic carbocycles. The summed E-state index contributed by atoms with van der Waals surface area (Å²) in [5.74, 6) is 2.39. The minimum absolute atomic E-state index is 0.439. The van der Waals surface area contributed by atoms with Crippen LogP contribution in [0.3, 0.4) is 0 Å². The van der Waals surface area contributed by atoms with Crippen LogP contribution in [-0.2, 0) is 0 Å². The summed E-state index contributed by atoms with van der Waals surface area (Å²) >= 11 is 0. The molecule has 0 aromatic heterocycles. The molecule has 0 heterocycles. The first-order valence-electron chi connectivity index (χ1n) is 7.47. The molecular weight excluding hydrogens is 220 g/mol. The van der Waals surface area contributed by atoms with Gasteiger partial charge >= 0.3 is 0 Å². The van der Waals surface area contributed by atoms with E-state index in [4.69, 9.17) is 4.74 Å². The largest absolute Gasteiger partial charge is 0.490 e. The monoisotopic (exact) mass is 246 g/mol. The lowest BCUT2D eigenvalue weighted by Crippen LogP contribution is -2.29. The summed E-state index contributed by atoms with van der Waals surface area (Å²) in [6.45, 7) is 6.74. The number of rotatable bonds is 4. The van der Waals surface area contributed by atoms with Crippen molar-refractivity contribution in [2.45, 2.75) is 64.9 Å². The average molecular weight is 246 g/mol. The Labute approximate surface area is 112 Å². The summed E-state index contributed by atoms with van der Waals surface area (Å²) in [4.78, 5) is 0. The van der Waals surface area contributed by atoms with Crippen LogP contribution in [0.15, 0.2) is 24.3 Å². The Morgan fingerprint density at radius 3 is 2.39 bits per heavy atom. The van der Waals surface area contributed by atoms with Gasteiger partial charge in [0.25, 0.3) is 0 Å². The fourth-order valence-corrected chi connectivity index (χ4v) is 2.90. The van der Waals surface area contributed by atoms with E-state index in [0.29, 0.717) is 12.0 Å². The standard InChI is InChI=1S/C17H26O/c1-4-14-7-5-6-8-17(14)18-16-11-9-15(10-12-16)13(2)3/h9-14,17H,4-8H2,1-3H3. The molecule has 1 saturated carbocycles. The third kappa shape index (κ3) is 3.28. The van der Waals surface area contributed by atoms with Crippen LogP contribution in [0, 0.1) is 5.92 Å². The highest BCUT2D eigenvalue weighted by Crippen LogP contribution is 2.30. The van der Waals surface area contributed by atoms with Gasteiger partial charge in [-0.1, -0.05) is 39.3 Å². The van der Waals surface area contributed by atoms with Crippen LogP contribution in [-0.4, -0.2) is 6.10 Å². The van der Waals surface area contributed by atoms with E-state index in [1.54, 1.807) is 0 Å². The third-order valence-corrected chi connectivity index (χ3v) is 4.20. The zero-order chi connectivity index (χ0) is 13.0. The predicted octanol–water partition coefficient (Wildman–Crippen LogP) is 5.16. The molecule has 2 atom stereocenters. The van der Waals surface area contributed by atoms with Crippen LogP contribution in [0.2, 0.25) is 0 Å². The topological polar surface area (TPSA) is 9.23 Å². The molecule has 1 aromatic carbocycles. The van der Waals surface area contributed by atoms with Crippen molar-refractivity contribution < 1.29 is 4.74 Å². The maximum absolute atomic E-state index is 6.19. The van der Waals surface area contributed by atoms with Gasteiger partial charge in [-0.05, 0) is 55.2 Å². The average Bonchev–Trinajstić information content (AvgIpc) is 2.40. The second-order valence-electron chi connectivity index (χ2n) is 5.83. The normalized spacial score (nSPS) is 24.2. The lowest BCUT2D eigenvalue weighted by molar-refractivity contribution is 0.0904. The molecule has 1 nitrogen and oxygen atoms in total. The molecule has 0 radical (unpaired) electrons. The zero-order valence-corrected chi connectivity index (χ0v) is 12.0. The maximum Gasteiger partial charge on any atom is 0.119 e. The highest BCUT2D eigenvalue weighted by molar-refractivity contribution is 5.29. The van der Waals surface area contributed by atoms with Gasteiger partial charge in [0.1, 0.15) is 11.9 Å². The van der Waals surface area contributed by atoms with Gasteiger partial charge in [-0.3, -0.25) is 0 Å². The molecule has 100 valence electrons. The number of hydrogen-bond acceptors (Lipinski definition) is 1. The minimum Gasteiger partial charge on any atom is -0.490 e. The predicted molar refractivity (Wildman–Crippen MR) is 77.2 cm³/mol. The fourth-order valence-electron chi connectivity index (χ4n) is 2.90. The first-order valence-corrected chi connectivity index (χ1v) is 7.47. The third-order valence-electron chi connectivity index (χ3n) is 4.20. The molecule has 0 saturated heterocycles. The van der Waals surface area contributed by atoms with Crippen molar-refractivity contribution in [1.29, 1.82) is 0 Å². The molecule has 1 fully saturated rings. The Morgan fingerprint density at radius 2 is 1.78 bits per heavy atom. The molecule has 2 rings (SSSR count). The second-order valence-corrected chi connectivity index (χ2v) is 5.83. The highest BCUT2D eigenvalue weighted by atomic mass is 16.5. The van der Waals surface area contributed by atoms with Gasteiger partial charge in [-0.2, -0.15) is 0 Å². The van der Waals surface area contributed by atoms with Crippen molar-refractivity contribution in [3.8, 4) is 5.75 Å². The van der Waals surface area contributed by atoms with Crippen molar-refractivity contribution in [2.24, 2.45) is 5.92 Å². The van der Waals surface area contributed by atoms with Crippen molar-refractivity contribution >= 4 is 0 Å². The quantitative estimate of drug-likeness (QED) is 0.713. The van der Waals surface area contributed by atoms with E-state index >= 15 is 0 Å². The molecule has 2 unspecified atom stereocenters. The Morgan fingerprint density at radius 1 is 1.11 bits per heavy atom. The summed E-state index contributed by atoms with van der Waals surface area (Å²) < 4.78 is 6.19.